The molecule has 2 rings (SSSR count). The molecule has 1 heterocycles. The zero-order valence-electron chi connectivity index (χ0n) is 7.92. The van der Waals surface area contributed by atoms with Gasteiger partial charge in [-0.3, -0.25) is 0 Å². The van der Waals surface area contributed by atoms with Crippen molar-refractivity contribution in [2.24, 2.45) is 0 Å². The number of hydrogen-bond donors (Lipinski definition) is 1. The molecule has 0 spiro atoms. The highest BCUT2D eigenvalue weighted by Crippen LogP contribution is 2.22. The van der Waals surface area contributed by atoms with Crippen molar-refractivity contribution < 1.29 is 4.39 Å². The number of halogens is 3. The third-order valence-electron chi connectivity index (χ3n) is 1.83. The molecule has 1 aromatic heterocycles. The van der Waals surface area contributed by atoms with E-state index in [1.807, 2.05) is 0 Å². The van der Waals surface area contributed by atoms with Crippen LogP contribution in [0.3, 0.4) is 0 Å². The van der Waals surface area contributed by atoms with Crippen LogP contribution in [0.2, 0.25) is 10.2 Å². The molecule has 0 unspecified atom stereocenters. The molecule has 0 saturated heterocycles. The first-order valence-corrected chi connectivity index (χ1v) is 5.10. The van der Waals surface area contributed by atoms with Crippen LogP contribution in [-0.4, -0.2) is 9.97 Å². The van der Waals surface area contributed by atoms with Gasteiger partial charge >= 0.3 is 0 Å². The maximum Gasteiger partial charge on any atom is 0.141 e. The van der Waals surface area contributed by atoms with E-state index in [1.165, 1.54) is 18.5 Å². The number of nitrogens with one attached hydrogen (secondary N) is 1. The predicted molar refractivity (Wildman–Crippen MR) is 61.7 cm³/mol. The summed E-state index contributed by atoms with van der Waals surface area (Å²) in [6.45, 7) is 0. The molecule has 3 nitrogen and oxygen atoms in total. The lowest BCUT2D eigenvalue weighted by molar-refractivity contribution is 0.628. The third-order valence-corrected chi connectivity index (χ3v) is 2.32. The fraction of sp³-hybridized carbons (Fsp3) is 0. The van der Waals surface area contributed by atoms with E-state index in [9.17, 15) is 4.39 Å². The first-order chi connectivity index (χ1) is 7.65. The molecule has 0 radical (unpaired) electrons. The van der Waals surface area contributed by atoms with Crippen LogP contribution in [0.4, 0.5) is 15.9 Å². The van der Waals surface area contributed by atoms with Crippen molar-refractivity contribution in [1.82, 2.24) is 9.97 Å². The van der Waals surface area contributed by atoms with Crippen LogP contribution in [0.25, 0.3) is 0 Å². The molecule has 0 saturated carbocycles. The van der Waals surface area contributed by atoms with Gasteiger partial charge in [-0.25, -0.2) is 14.4 Å². The summed E-state index contributed by atoms with van der Waals surface area (Å²) in [4.78, 5) is 7.68. The van der Waals surface area contributed by atoms with E-state index < -0.39 is 5.82 Å². The normalized spacial score (nSPS) is 10.2. The molecule has 0 aliphatic heterocycles. The monoisotopic (exact) mass is 257 g/mol. The van der Waals surface area contributed by atoms with E-state index in [4.69, 9.17) is 23.2 Å². The Hall–Kier alpha value is -1.39. The molecule has 16 heavy (non-hydrogen) atoms. The molecule has 6 heteroatoms. The van der Waals surface area contributed by atoms with E-state index in [1.54, 1.807) is 12.1 Å². The average Bonchev–Trinajstić information content (AvgIpc) is 2.24. The molecule has 0 aliphatic carbocycles. The van der Waals surface area contributed by atoms with Crippen molar-refractivity contribution in [3.05, 3.63) is 46.6 Å². The molecule has 1 aromatic carbocycles. The summed E-state index contributed by atoms with van der Waals surface area (Å²) in [5, 5.41) is 3.30. The Balaban J connectivity index is 2.24. The molecule has 0 atom stereocenters. The summed E-state index contributed by atoms with van der Waals surface area (Å²) < 4.78 is 12.9. The van der Waals surface area contributed by atoms with Crippen LogP contribution in [0, 0.1) is 5.82 Å². The summed E-state index contributed by atoms with van der Waals surface area (Å²) >= 11 is 11.3. The van der Waals surface area contributed by atoms with Crippen LogP contribution in [-0.2, 0) is 0 Å². The number of rotatable bonds is 2. The van der Waals surface area contributed by atoms with Gasteiger partial charge in [0.1, 0.15) is 23.1 Å². The lowest BCUT2D eigenvalue weighted by Gasteiger charge is -2.05. The predicted octanol–water partition coefficient (Wildman–Crippen LogP) is 3.67. The summed E-state index contributed by atoms with van der Waals surface area (Å²) in [6, 6.07) is 5.84. The Bertz CT molecular complexity index is 519. The standard InChI is InChI=1S/C10H6Cl2FN3/c11-7-3-6(1-2-8(7)13)16-10-4-9(12)14-5-15-10/h1-5H,(H,14,15,16). The highest BCUT2D eigenvalue weighted by atomic mass is 35.5. The third kappa shape index (κ3) is 2.59. The first kappa shape index (κ1) is 11.1. The molecule has 0 bridgehead atoms. The SMILES string of the molecule is Fc1ccc(Nc2cc(Cl)ncn2)cc1Cl. The fourth-order valence-electron chi connectivity index (χ4n) is 1.12. The van der Waals surface area contributed by atoms with Crippen molar-refractivity contribution in [1.29, 1.82) is 0 Å². The van der Waals surface area contributed by atoms with E-state index >= 15 is 0 Å². The largest absolute Gasteiger partial charge is 0.340 e. The molecule has 82 valence electrons. The van der Waals surface area contributed by atoms with Gasteiger partial charge in [0.25, 0.3) is 0 Å². The van der Waals surface area contributed by atoms with Crippen LogP contribution < -0.4 is 5.32 Å². The van der Waals surface area contributed by atoms with Crippen molar-refractivity contribution in [2.75, 3.05) is 5.32 Å². The number of hydrogen-bond acceptors (Lipinski definition) is 3. The van der Waals surface area contributed by atoms with E-state index in [0.717, 1.165) is 0 Å². The fourth-order valence-corrected chi connectivity index (χ4v) is 1.45. The minimum Gasteiger partial charge on any atom is -0.340 e. The van der Waals surface area contributed by atoms with Gasteiger partial charge in [-0.15, -0.1) is 0 Å². The van der Waals surface area contributed by atoms with Crippen molar-refractivity contribution in [3.8, 4) is 0 Å². The Labute approximate surface area is 101 Å². The van der Waals surface area contributed by atoms with Gasteiger partial charge in [-0.2, -0.15) is 0 Å². The molecule has 2 aromatic rings. The molecular weight excluding hydrogens is 252 g/mol. The average molecular weight is 258 g/mol. The molecule has 0 fully saturated rings. The maximum atomic E-state index is 12.9. The Morgan fingerprint density at radius 3 is 2.62 bits per heavy atom. The highest BCUT2D eigenvalue weighted by molar-refractivity contribution is 6.31. The smallest absolute Gasteiger partial charge is 0.141 e. The summed E-state index contributed by atoms with van der Waals surface area (Å²) in [5.41, 5.74) is 0.626. The Morgan fingerprint density at radius 1 is 1.12 bits per heavy atom. The lowest BCUT2D eigenvalue weighted by atomic mass is 10.3. The van der Waals surface area contributed by atoms with Crippen molar-refractivity contribution in [2.45, 2.75) is 0 Å². The quantitative estimate of drug-likeness (QED) is 0.835. The Kier molecular flexibility index (Phi) is 3.22. The van der Waals surface area contributed by atoms with Gasteiger partial charge in [-0.05, 0) is 18.2 Å². The minimum atomic E-state index is -0.465. The number of aromatic nitrogens is 2. The van der Waals surface area contributed by atoms with E-state index in [0.29, 0.717) is 16.7 Å². The van der Waals surface area contributed by atoms with Gasteiger partial charge in [0.15, 0.2) is 0 Å². The van der Waals surface area contributed by atoms with Gasteiger partial charge in [0.05, 0.1) is 5.02 Å². The van der Waals surface area contributed by atoms with Crippen LogP contribution in [0.1, 0.15) is 0 Å². The molecule has 0 amide bonds. The lowest BCUT2D eigenvalue weighted by Crippen LogP contribution is -1.94. The van der Waals surface area contributed by atoms with Crippen molar-refractivity contribution >= 4 is 34.7 Å². The zero-order valence-corrected chi connectivity index (χ0v) is 9.43. The summed E-state index contributed by atoms with van der Waals surface area (Å²) in [6.07, 6.45) is 1.33. The summed E-state index contributed by atoms with van der Waals surface area (Å²) in [7, 11) is 0. The number of benzene rings is 1. The molecule has 0 aliphatic rings. The second kappa shape index (κ2) is 4.63. The second-order valence-electron chi connectivity index (χ2n) is 2.98. The van der Waals surface area contributed by atoms with Gasteiger partial charge in [0, 0.05) is 11.8 Å². The van der Waals surface area contributed by atoms with E-state index in [2.05, 4.69) is 15.3 Å². The van der Waals surface area contributed by atoms with Gasteiger partial charge in [-0.1, -0.05) is 23.2 Å². The van der Waals surface area contributed by atoms with Crippen LogP contribution >= 0.6 is 23.2 Å². The Morgan fingerprint density at radius 2 is 1.94 bits per heavy atom. The number of nitrogens with zero attached hydrogens (tertiary/aromatic N) is 2. The molecule has 1 N–H and O–H groups in total. The second-order valence-corrected chi connectivity index (χ2v) is 3.77. The molecular formula is C10H6Cl2FN3. The zero-order chi connectivity index (χ0) is 11.5. The maximum absolute atomic E-state index is 12.9. The first-order valence-electron chi connectivity index (χ1n) is 4.35. The minimum absolute atomic E-state index is 0.0464. The summed E-state index contributed by atoms with van der Waals surface area (Å²) in [5.74, 6) is 0.0515. The van der Waals surface area contributed by atoms with Crippen LogP contribution in [0.15, 0.2) is 30.6 Å². The van der Waals surface area contributed by atoms with E-state index in [-0.39, 0.29) is 5.02 Å². The van der Waals surface area contributed by atoms with Gasteiger partial charge < -0.3 is 5.32 Å². The number of anilines is 2. The topological polar surface area (TPSA) is 37.8 Å². The highest BCUT2D eigenvalue weighted by Gasteiger charge is 2.02. The van der Waals surface area contributed by atoms with Crippen molar-refractivity contribution in [3.63, 3.8) is 0 Å². The van der Waals surface area contributed by atoms with Crippen LogP contribution in [0.5, 0.6) is 0 Å². The van der Waals surface area contributed by atoms with Gasteiger partial charge in [0.2, 0.25) is 0 Å².